The number of anilines is 3. The van der Waals surface area contributed by atoms with E-state index in [0.717, 1.165) is 16.9 Å². The molecule has 140 valence electrons. The topological polar surface area (TPSA) is 147 Å². The molecule has 0 aliphatic rings. The Hall–Kier alpha value is -3.45. The third-order valence-electron chi connectivity index (χ3n) is 4.27. The highest BCUT2D eigenvalue weighted by molar-refractivity contribution is 5.73. The van der Waals surface area contributed by atoms with Crippen LogP contribution in [0.5, 0.6) is 0 Å². The van der Waals surface area contributed by atoms with Crippen molar-refractivity contribution < 1.29 is 0 Å². The van der Waals surface area contributed by atoms with E-state index in [0.29, 0.717) is 24.7 Å². The van der Waals surface area contributed by atoms with Crippen molar-refractivity contribution in [1.82, 2.24) is 24.6 Å². The molecule has 0 fully saturated rings. The zero-order valence-corrected chi connectivity index (χ0v) is 15.5. The third-order valence-corrected chi connectivity index (χ3v) is 4.27. The predicted molar refractivity (Wildman–Crippen MR) is 103 cm³/mol. The molecule has 3 aromatic heterocycles. The quantitative estimate of drug-likeness (QED) is 0.577. The highest BCUT2D eigenvalue weighted by Gasteiger charge is 2.19. The Labute approximate surface area is 156 Å². The van der Waals surface area contributed by atoms with E-state index in [2.05, 4.69) is 20.4 Å². The first-order chi connectivity index (χ1) is 13.0. The van der Waals surface area contributed by atoms with Crippen molar-refractivity contribution in [3.8, 4) is 6.07 Å². The van der Waals surface area contributed by atoms with Crippen molar-refractivity contribution >= 4 is 23.0 Å². The second-order valence-corrected chi connectivity index (χ2v) is 6.26. The molecule has 0 aromatic carbocycles. The first-order valence-corrected chi connectivity index (χ1v) is 8.50. The number of aromatic nitrogens is 5. The zero-order valence-electron chi connectivity index (χ0n) is 15.5. The molecule has 1 atom stereocenters. The Morgan fingerprint density at radius 2 is 2.19 bits per heavy atom. The summed E-state index contributed by atoms with van der Waals surface area (Å²) in [6.07, 6.45) is 3.21. The number of aryl methyl sites for hydroxylation is 1. The summed E-state index contributed by atoms with van der Waals surface area (Å²) in [5, 5.41) is 17.1. The molecule has 0 saturated carbocycles. The molecule has 0 bridgehead atoms. The first kappa shape index (κ1) is 18.3. The van der Waals surface area contributed by atoms with Gasteiger partial charge in [0, 0.05) is 26.3 Å². The fraction of sp³-hybridized carbons (Fsp3) is 0.353. The summed E-state index contributed by atoms with van der Waals surface area (Å²) in [6.45, 7) is 5.09. The maximum absolute atomic E-state index is 9.30. The number of fused-ring (bicyclic) bond motifs is 1. The van der Waals surface area contributed by atoms with E-state index in [1.807, 2.05) is 44.1 Å². The van der Waals surface area contributed by atoms with E-state index in [9.17, 15) is 5.26 Å². The average Bonchev–Trinajstić information content (AvgIpc) is 3.02. The van der Waals surface area contributed by atoms with Gasteiger partial charge in [-0.25, -0.2) is 19.5 Å². The Morgan fingerprint density at radius 1 is 1.41 bits per heavy atom. The van der Waals surface area contributed by atoms with E-state index < -0.39 is 0 Å². The minimum absolute atomic E-state index is 0.128. The third kappa shape index (κ3) is 3.45. The summed E-state index contributed by atoms with van der Waals surface area (Å²) < 4.78 is 1.80. The lowest BCUT2D eigenvalue weighted by atomic mass is 10.2. The number of rotatable bonds is 6. The van der Waals surface area contributed by atoms with Crippen LogP contribution in [-0.2, 0) is 0 Å². The van der Waals surface area contributed by atoms with Crippen LogP contribution in [0.2, 0.25) is 0 Å². The van der Waals surface area contributed by atoms with Gasteiger partial charge in [0.1, 0.15) is 35.1 Å². The zero-order chi connectivity index (χ0) is 19.6. The number of nitrogens with one attached hydrogen (secondary N) is 1. The molecule has 0 saturated heterocycles. The smallest absolute Gasteiger partial charge is 0.173 e. The highest BCUT2D eigenvalue weighted by atomic mass is 15.3. The molecule has 3 rings (SSSR count). The van der Waals surface area contributed by atoms with Crippen molar-refractivity contribution in [2.45, 2.75) is 19.9 Å². The molecule has 0 aliphatic heterocycles. The van der Waals surface area contributed by atoms with Crippen LogP contribution in [0, 0.1) is 18.3 Å². The first-order valence-electron chi connectivity index (χ1n) is 8.50. The number of nitrogens with two attached hydrogens (primary N) is 2. The van der Waals surface area contributed by atoms with E-state index in [4.69, 9.17) is 16.5 Å². The Morgan fingerprint density at radius 3 is 2.89 bits per heavy atom. The molecule has 0 spiro atoms. The fourth-order valence-corrected chi connectivity index (χ4v) is 2.81. The van der Waals surface area contributed by atoms with Gasteiger partial charge in [-0.05, 0) is 25.5 Å². The number of nitriles is 1. The summed E-state index contributed by atoms with van der Waals surface area (Å²) in [4.78, 5) is 14.7. The van der Waals surface area contributed by atoms with Crippen LogP contribution in [0.15, 0.2) is 18.6 Å². The molecule has 3 heterocycles. The normalized spacial score (nSPS) is 12.0. The lowest BCUT2D eigenvalue weighted by Crippen LogP contribution is -2.27. The largest absolute Gasteiger partial charge is 0.382 e. The highest BCUT2D eigenvalue weighted by Crippen LogP contribution is 2.25. The van der Waals surface area contributed by atoms with Gasteiger partial charge in [0.05, 0.1) is 6.04 Å². The average molecular weight is 366 g/mol. The minimum atomic E-state index is -0.316. The maximum atomic E-state index is 9.30. The molecule has 10 heteroatoms. The molecule has 0 radical (unpaired) electrons. The second-order valence-electron chi connectivity index (χ2n) is 6.26. The molecule has 1 unspecified atom stereocenters. The summed E-state index contributed by atoms with van der Waals surface area (Å²) in [5.74, 6) is 1.83. The van der Waals surface area contributed by atoms with Crippen LogP contribution in [-0.4, -0.2) is 44.7 Å². The summed E-state index contributed by atoms with van der Waals surface area (Å²) in [7, 11) is 1.95. The minimum Gasteiger partial charge on any atom is -0.382 e. The number of nitrogens with zero attached hydrogens (tertiary/aromatic N) is 7. The van der Waals surface area contributed by atoms with Gasteiger partial charge in [-0.1, -0.05) is 0 Å². The predicted octanol–water partition coefficient (Wildman–Crippen LogP) is 0.850. The molecular weight excluding hydrogens is 344 g/mol. The van der Waals surface area contributed by atoms with Crippen LogP contribution in [0.1, 0.15) is 29.9 Å². The standard InChI is InChI=1S/C17H22N10/c1-10-4-6-27-13(10)17(26(3)7-5-18)24-15(25-27)11(2)23-16-12(8-19)14(20)21-9-22-16/h4,6,9,11H,5,7,18H2,1-3H3,(H3,20,21,22,23). The SMILES string of the molecule is Cc1ccn2nc(C(C)Nc3ncnc(N)c3C#N)nc(N(C)CCN)c12. The van der Waals surface area contributed by atoms with Crippen molar-refractivity contribution in [3.63, 3.8) is 0 Å². The number of likely N-dealkylation sites (N-methyl/N-ethyl adjacent to an activating group) is 1. The second kappa shape index (κ2) is 7.43. The molecular formula is C17H22N10. The van der Waals surface area contributed by atoms with Crippen LogP contribution in [0.3, 0.4) is 0 Å². The molecule has 3 aromatic rings. The molecule has 27 heavy (non-hydrogen) atoms. The maximum Gasteiger partial charge on any atom is 0.173 e. The van der Waals surface area contributed by atoms with Gasteiger partial charge in [0.25, 0.3) is 0 Å². The lowest BCUT2D eigenvalue weighted by Gasteiger charge is -2.21. The monoisotopic (exact) mass is 366 g/mol. The Kier molecular flexibility index (Phi) is 5.05. The van der Waals surface area contributed by atoms with Gasteiger partial charge in [0.2, 0.25) is 0 Å². The Bertz CT molecular complexity index is 1000. The molecule has 0 aliphatic carbocycles. The van der Waals surface area contributed by atoms with E-state index in [-0.39, 0.29) is 17.4 Å². The lowest BCUT2D eigenvalue weighted by molar-refractivity contribution is 0.717. The summed E-state index contributed by atoms with van der Waals surface area (Å²) in [5.41, 5.74) is 13.7. The fourth-order valence-electron chi connectivity index (χ4n) is 2.81. The van der Waals surface area contributed by atoms with Crippen LogP contribution in [0.25, 0.3) is 5.52 Å². The summed E-state index contributed by atoms with van der Waals surface area (Å²) >= 11 is 0. The van der Waals surface area contributed by atoms with Gasteiger partial charge in [0.15, 0.2) is 11.6 Å². The van der Waals surface area contributed by atoms with Crippen molar-refractivity contribution in [1.29, 1.82) is 5.26 Å². The molecule has 0 amide bonds. The molecule has 5 N–H and O–H groups in total. The van der Waals surface area contributed by atoms with Gasteiger partial charge >= 0.3 is 0 Å². The van der Waals surface area contributed by atoms with Gasteiger partial charge in [-0.2, -0.15) is 10.4 Å². The Balaban J connectivity index is 2.02. The number of hydrogen-bond acceptors (Lipinski definition) is 9. The molecule has 10 nitrogen and oxygen atoms in total. The van der Waals surface area contributed by atoms with Gasteiger partial charge in [-0.15, -0.1) is 0 Å². The van der Waals surface area contributed by atoms with Gasteiger partial charge in [-0.3, -0.25) is 0 Å². The van der Waals surface area contributed by atoms with Crippen molar-refractivity contribution in [3.05, 3.63) is 35.5 Å². The summed E-state index contributed by atoms with van der Waals surface area (Å²) in [6, 6.07) is 3.69. The van der Waals surface area contributed by atoms with E-state index >= 15 is 0 Å². The van der Waals surface area contributed by atoms with Crippen LogP contribution < -0.4 is 21.7 Å². The number of hydrogen-bond donors (Lipinski definition) is 3. The van der Waals surface area contributed by atoms with Crippen molar-refractivity contribution in [2.75, 3.05) is 36.1 Å². The van der Waals surface area contributed by atoms with Gasteiger partial charge < -0.3 is 21.7 Å². The van der Waals surface area contributed by atoms with Crippen LogP contribution in [0.4, 0.5) is 17.5 Å². The van der Waals surface area contributed by atoms with Crippen LogP contribution >= 0.6 is 0 Å². The van der Waals surface area contributed by atoms with E-state index in [1.54, 1.807) is 4.52 Å². The van der Waals surface area contributed by atoms with Crippen molar-refractivity contribution in [2.24, 2.45) is 5.73 Å². The number of nitrogen functional groups attached to an aromatic ring is 1. The van der Waals surface area contributed by atoms with E-state index in [1.165, 1.54) is 6.33 Å².